The predicted molar refractivity (Wildman–Crippen MR) is 359 cm³/mol. The highest BCUT2D eigenvalue weighted by Crippen LogP contribution is 2.58. The number of nitrogens with one attached hydrogen (secondary N) is 4. The summed E-state index contributed by atoms with van der Waals surface area (Å²) in [5.74, 6) is -1.23. The fourth-order valence-corrected chi connectivity index (χ4v) is 18.4. The monoisotopic (exact) mass is 1640 g/mol. The maximum absolute atomic E-state index is 12.6. The topological polar surface area (TPSA) is 612 Å². The van der Waals surface area contributed by atoms with E-state index in [0.717, 1.165) is 56.8 Å². The number of aliphatic hydroxyl groups excluding tert-OH is 2. The van der Waals surface area contributed by atoms with E-state index in [1.165, 1.54) is 18.3 Å². The van der Waals surface area contributed by atoms with Crippen molar-refractivity contribution in [2.75, 3.05) is 43.6 Å². The summed E-state index contributed by atoms with van der Waals surface area (Å²) in [5.41, 5.74) is -3.35. The van der Waals surface area contributed by atoms with E-state index in [0.29, 0.717) is 24.9 Å². The second-order valence-electron chi connectivity index (χ2n) is 24.3. The lowest BCUT2D eigenvalue weighted by atomic mass is 10.1. The maximum Gasteiger partial charge on any atom is 0.412 e. The fourth-order valence-electron chi connectivity index (χ4n) is 10.7. The van der Waals surface area contributed by atoms with Crippen molar-refractivity contribution in [2.45, 2.75) is 133 Å². The number of aromatic amines is 3. The van der Waals surface area contributed by atoms with E-state index in [-0.39, 0.29) is 17.9 Å². The van der Waals surface area contributed by atoms with Crippen LogP contribution in [0.3, 0.4) is 0 Å². The third-order valence-electron chi connectivity index (χ3n) is 15.5. The van der Waals surface area contributed by atoms with Gasteiger partial charge in [-0.25, -0.2) is 24.0 Å². The lowest BCUT2D eigenvalue weighted by Crippen LogP contribution is -2.41. The Kier molecular flexibility index (Phi) is 30.4. The molecule has 42 nitrogen and oxygen atoms in total. The molecule has 19 atom stereocenters. The van der Waals surface area contributed by atoms with Crippen LogP contribution < -0.4 is 68.4 Å². The Hall–Kier alpha value is -6.94. The molecule has 0 bridgehead atoms. The standard InChI is InChI=1S/C21H28N2O12P2.C21H28N2O11P2.C18H23N3O12P2/c1-2-3-7-12-36(28,29)35-37(30,31)32-13-15-17(25)18(34-20(26)14-8-5-4-6-9-14)19(33-15)23-11-10-16(24)22-21(23)27;1-13(2)12-35(26,27)34-36(28,29)30-11-15-18-19(20(31-15)23-9-8-16(24)22-21(23)25)33-17(32-18)10-14-6-4-3-5-7-14;1-2-34(26,27)33-35(28,29)30-10-12-14(23)15(32-18(25)19-11-6-4-3-5-7-11)16(31-12)21-9-8-13(22)20-17(21)24/h4-6,8-11,15,17-19,25H,2-3,7,12-13H2,1H3,(H,28,29)(H,30,31)(H,22,24,27);3-9,13,15,17-20H,10-12H2,1-2H3,(H,26,27)(H,28,29)(H,22,24,25);3-9,12,14-16,23H,2,10H2,1H3,(H,19,25)(H,26,27)(H,28,29)(H,20,22,24)/p-6/t15-,17+,18?,19-;15-,17?,18+,19?,20-;12-,14+,15?,16-/m111/s1. The summed E-state index contributed by atoms with van der Waals surface area (Å²) in [6.45, 7) is 3.67. The van der Waals surface area contributed by atoms with Crippen LogP contribution in [0, 0.1) is 5.92 Å². The number of hydrogen-bond acceptors (Lipinski definition) is 35. The molecule has 0 spiro atoms. The lowest BCUT2D eigenvalue weighted by Gasteiger charge is -2.33. The summed E-state index contributed by atoms with van der Waals surface area (Å²) in [5, 5.41) is 23.8. The molecule has 7 heterocycles. The van der Waals surface area contributed by atoms with Crippen LogP contribution in [0.15, 0.2) is 157 Å². The number of carbonyl (C=O) groups is 2. The molecule has 594 valence electrons. The zero-order chi connectivity index (χ0) is 79.1. The van der Waals surface area contributed by atoms with Gasteiger partial charge < -0.3 is 100.0 Å². The van der Waals surface area contributed by atoms with Gasteiger partial charge in [0.2, 0.25) is 0 Å². The molecular weight excluding hydrogens is 1560 g/mol. The number of ether oxygens (including phenoxy) is 7. The first-order chi connectivity index (χ1) is 50.7. The minimum atomic E-state index is -5.39. The number of fused-ring (bicyclic) bond motifs is 1. The van der Waals surface area contributed by atoms with Gasteiger partial charge in [0.1, 0.15) is 65.5 Å². The second kappa shape index (κ2) is 37.9. The molecule has 0 radical (unpaired) electrons. The molecular formula is C60H73N7O35P6-6. The van der Waals surface area contributed by atoms with Crippen molar-refractivity contribution in [3.63, 3.8) is 0 Å². The van der Waals surface area contributed by atoms with Crippen molar-refractivity contribution < 1.29 is 136 Å². The molecule has 0 saturated carbocycles. The van der Waals surface area contributed by atoms with Gasteiger partial charge >= 0.3 is 29.1 Å². The number of aliphatic hydroxyl groups is 2. The average Bonchev–Trinajstić information content (AvgIpc) is 1.62. The van der Waals surface area contributed by atoms with E-state index < -0.39 is 210 Å². The average molecular weight is 1640 g/mol. The molecule has 4 aliphatic heterocycles. The number of rotatable bonds is 31. The molecule has 4 aliphatic rings. The van der Waals surface area contributed by atoms with Crippen molar-refractivity contribution in [1.82, 2.24) is 28.7 Å². The quantitative estimate of drug-likeness (QED) is 0.0193. The van der Waals surface area contributed by atoms with Gasteiger partial charge in [0.25, 0.3) is 40.1 Å². The van der Waals surface area contributed by atoms with Crippen molar-refractivity contribution in [2.24, 2.45) is 5.92 Å². The number of carbonyl (C=O) groups excluding carboxylic acids is 2. The molecule has 4 saturated heterocycles. The molecule has 6 N–H and O–H groups in total. The van der Waals surface area contributed by atoms with E-state index in [1.807, 2.05) is 47.2 Å². The van der Waals surface area contributed by atoms with Crippen molar-refractivity contribution in [3.05, 3.63) is 201 Å². The molecule has 3 aromatic heterocycles. The van der Waals surface area contributed by atoms with Gasteiger partial charge in [-0.2, -0.15) is 0 Å². The number of hydrogen-bond donors (Lipinski definition) is 6. The summed E-state index contributed by atoms with van der Waals surface area (Å²) in [7, 11) is -30.2. The lowest BCUT2D eigenvalue weighted by molar-refractivity contribution is -0.237. The van der Waals surface area contributed by atoms with Crippen LogP contribution in [0.1, 0.15) is 81.6 Å². The number of amides is 1. The van der Waals surface area contributed by atoms with Crippen molar-refractivity contribution in [3.8, 4) is 0 Å². The van der Waals surface area contributed by atoms with Gasteiger partial charge in [-0.3, -0.25) is 75.0 Å². The zero-order valence-electron chi connectivity index (χ0n) is 57.2. The van der Waals surface area contributed by atoms with Crippen LogP contribution in [0.5, 0.6) is 0 Å². The summed E-state index contributed by atoms with van der Waals surface area (Å²) < 4.78 is 140. The predicted octanol–water partition coefficient (Wildman–Crippen LogP) is 0.251. The maximum atomic E-state index is 12.6. The Balaban J connectivity index is 0.000000204. The molecule has 10 rings (SSSR count). The third kappa shape index (κ3) is 25.3. The van der Waals surface area contributed by atoms with E-state index in [9.17, 15) is 105 Å². The summed E-state index contributed by atoms with van der Waals surface area (Å²) >= 11 is 0. The highest BCUT2D eigenvalue weighted by Gasteiger charge is 2.55. The van der Waals surface area contributed by atoms with E-state index in [2.05, 4.69) is 32.3 Å². The zero-order valence-corrected chi connectivity index (χ0v) is 62.5. The highest BCUT2D eigenvalue weighted by molar-refractivity contribution is 7.63. The van der Waals surface area contributed by atoms with E-state index in [4.69, 9.17) is 37.7 Å². The Morgan fingerprint density at radius 1 is 0.519 bits per heavy atom. The van der Waals surface area contributed by atoms with Crippen molar-refractivity contribution in [1.29, 1.82) is 0 Å². The number of para-hydroxylation sites is 1. The van der Waals surface area contributed by atoms with Gasteiger partial charge in [-0.1, -0.05) is 107 Å². The van der Waals surface area contributed by atoms with Crippen LogP contribution in [0.4, 0.5) is 10.5 Å². The fraction of sp³-hybridized carbons (Fsp3) is 0.467. The number of H-pyrrole nitrogens is 3. The first kappa shape index (κ1) is 86.7. The third-order valence-corrected chi connectivity index (χ3v) is 25.1. The van der Waals surface area contributed by atoms with Gasteiger partial charge in [0.15, 0.2) is 37.2 Å². The Morgan fingerprint density at radius 2 is 0.935 bits per heavy atom. The molecule has 0 aliphatic carbocycles. The smallest absolute Gasteiger partial charge is 0.412 e. The second-order valence-corrected chi connectivity index (χ2v) is 34.8. The van der Waals surface area contributed by atoms with Crippen LogP contribution in [-0.2, 0) is 93.5 Å². The number of nitrogens with zero attached hydrogens (tertiary/aromatic N) is 3. The molecule has 4 fully saturated rings. The molecule has 108 heavy (non-hydrogen) atoms. The first-order valence-corrected chi connectivity index (χ1v) is 42.1. The number of unbranched alkanes of at least 4 members (excludes halogenated alkanes) is 2. The molecule has 1 amide bonds. The molecule has 6 aromatic rings. The van der Waals surface area contributed by atoms with Gasteiger partial charge in [-0.05, 0) is 42.2 Å². The normalized spacial score (nSPS) is 26.4. The van der Waals surface area contributed by atoms with Crippen LogP contribution in [0.25, 0.3) is 0 Å². The largest absolute Gasteiger partial charge is 0.778 e. The van der Waals surface area contributed by atoms with Gasteiger partial charge in [-0.15, -0.1) is 0 Å². The van der Waals surface area contributed by atoms with Crippen LogP contribution >= 0.6 is 46.3 Å². The minimum Gasteiger partial charge on any atom is -0.778 e. The van der Waals surface area contributed by atoms with Gasteiger partial charge in [0, 0.05) is 67.4 Å². The van der Waals surface area contributed by atoms with Crippen LogP contribution in [-0.4, -0.2) is 150 Å². The van der Waals surface area contributed by atoms with E-state index in [1.54, 1.807) is 62.4 Å². The number of phosphoric ester groups is 3. The summed E-state index contributed by atoms with van der Waals surface area (Å²) in [6, 6.07) is 28.2. The number of phosphoric acid groups is 3. The van der Waals surface area contributed by atoms with E-state index >= 15 is 0 Å². The number of benzene rings is 3. The number of esters is 1. The Morgan fingerprint density at radius 3 is 1.40 bits per heavy atom. The Bertz CT molecular complexity index is 4720. The Labute approximate surface area is 610 Å². The SMILES string of the molecule is CC(C)CP(=O)([O-])OP(=O)([O-])OC[C@H]1O[C@@H](n2ccc(=O)[nH]c2=O)C2OC(Cc3ccccc3)O[C@H]21.CCCCCP(=O)([O-])OP(=O)([O-])OC[C@H]1O[C@@H](n2ccc(=O)[nH]c2=O)C(OC(=O)c2ccccc2)[C@H]1O.CCP(=O)([O-])OP(=O)([O-])OC[C@H]1O[C@@H](n2ccc(=O)[nH]c2=O)C(OC(=O)Nc2ccccc2)[C@H]1O. The molecule has 3 aromatic carbocycles. The van der Waals surface area contributed by atoms with Crippen LogP contribution in [0.2, 0.25) is 0 Å². The number of anilines is 1. The molecule has 10 unspecified atom stereocenters. The van der Waals surface area contributed by atoms with Crippen molar-refractivity contribution >= 4 is 64.0 Å². The first-order valence-electron chi connectivity index (χ1n) is 32.6. The highest BCUT2D eigenvalue weighted by atomic mass is 31.3. The summed E-state index contributed by atoms with van der Waals surface area (Å²) in [6.07, 6.45) is -14.8. The number of aromatic nitrogens is 6. The molecule has 48 heteroatoms. The van der Waals surface area contributed by atoms with Gasteiger partial charge in [0.05, 0.1) is 25.4 Å². The summed E-state index contributed by atoms with van der Waals surface area (Å²) in [4.78, 5) is 174. The minimum absolute atomic E-state index is 0.119.